The van der Waals surface area contributed by atoms with Crippen LogP contribution in [0.4, 0.5) is 0 Å². The van der Waals surface area contributed by atoms with Crippen LogP contribution in [0.2, 0.25) is 0 Å². The Hall–Kier alpha value is -1.53. The lowest BCUT2D eigenvalue weighted by Crippen LogP contribution is -2.67. The fraction of sp³-hybridized carbons (Fsp3) is 0.529. The third-order valence-electron chi connectivity index (χ3n) is 4.93. The van der Waals surface area contributed by atoms with Crippen molar-refractivity contribution in [2.45, 2.75) is 23.3 Å². The van der Waals surface area contributed by atoms with E-state index in [-0.39, 0.29) is 11.8 Å². The van der Waals surface area contributed by atoms with Gasteiger partial charge in [0.2, 0.25) is 11.8 Å². The Kier molecular flexibility index (Phi) is 4.92. The molecule has 0 saturated carbocycles. The third kappa shape index (κ3) is 3.38. The molecule has 23 heavy (non-hydrogen) atoms. The number of carbonyl (C=O) groups is 2. The summed E-state index contributed by atoms with van der Waals surface area (Å²) in [6.07, 6.45) is 1.44. The Balaban J connectivity index is 1.54. The van der Waals surface area contributed by atoms with E-state index in [9.17, 15) is 9.59 Å². The van der Waals surface area contributed by atoms with Crippen LogP contribution in [0.5, 0.6) is 0 Å². The van der Waals surface area contributed by atoms with Gasteiger partial charge in [0.25, 0.3) is 0 Å². The Morgan fingerprint density at radius 2 is 1.91 bits per heavy atom. The van der Waals surface area contributed by atoms with E-state index >= 15 is 0 Å². The first kappa shape index (κ1) is 16.3. The number of rotatable bonds is 3. The minimum absolute atomic E-state index is 0.122. The summed E-state index contributed by atoms with van der Waals surface area (Å²) in [5.41, 5.74) is -0.415. The summed E-state index contributed by atoms with van der Waals surface area (Å²) in [6, 6.07) is 9.97. The minimum atomic E-state index is -0.415. The lowest BCUT2D eigenvalue weighted by molar-refractivity contribution is -0.144. The fourth-order valence-corrected chi connectivity index (χ4v) is 4.20. The van der Waals surface area contributed by atoms with Crippen molar-refractivity contribution in [1.29, 1.82) is 0 Å². The van der Waals surface area contributed by atoms with Gasteiger partial charge in [-0.2, -0.15) is 0 Å². The van der Waals surface area contributed by atoms with Crippen LogP contribution in [0.25, 0.3) is 0 Å². The van der Waals surface area contributed by atoms with Crippen LogP contribution in [0, 0.1) is 0 Å². The molecule has 6 heteroatoms. The number of benzene rings is 1. The summed E-state index contributed by atoms with van der Waals surface area (Å²) in [7, 11) is 2.02. The van der Waals surface area contributed by atoms with Crippen LogP contribution < -0.4 is 5.32 Å². The quantitative estimate of drug-likeness (QED) is 0.845. The molecule has 5 nitrogen and oxygen atoms in total. The Morgan fingerprint density at radius 3 is 2.57 bits per heavy atom. The summed E-state index contributed by atoms with van der Waals surface area (Å²) >= 11 is 1.57. The molecule has 2 saturated heterocycles. The van der Waals surface area contributed by atoms with E-state index in [0.717, 1.165) is 24.3 Å². The molecular weight excluding hydrogens is 310 g/mol. The minimum Gasteiger partial charge on any atom is -0.353 e. The normalized spacial score (nSPS) is 21.3. The van der Waals surface area contributed by atoms with Gasteiger partial charge in [-0.05, 0) is 32.0 Å². The fourth-order valence-electron chi connectivity index (χ4n) is 3.38. The molecule has 0 atom stereocenters. The van der Waals surface area contributed by atoms with Crippen molar-refractivity contribution in [3.8, 4) is 0 Å². The van der Waals surface area contributed by atoms with Gasteiger partial charge in [0.15, 0.2) is 0 Å². The highest BCUT2D eigenvalue weighted by atomic mass is 32.2. The van der Waals surface area contributed by atoms with Crippen molar-refractivity contribution >= 4 is 23.6 Å². The summed E-state index contributed by atoms with van der Waals surface area (Å²) in [5.74, 6) is 0.739. The second kappa shape index (κ2) is 6.93. The van der Waals surface area contributed by atoms with E-state index in [1.807, 2.05) is 42.3 Å². The van der Waals surface area contributed by atoms with E-state index in [2.05, 4.69) is 10.2 Å². The highest BCUT2D eigenvalue weighted by molar-refractivity contribution is 8.00. The number of nitrogens with zero attached hydrogens (tertiary/aromatic N) is 2. The molecule has 1 aromatic carbocycles. The second-order valence-electron chi connectivity index (χ2n) is 6.19. The van der Waals surface area contributed by atoms with Crippen molar-refractivity contribution in [2.24, 2.45) is 0 Å². The van der Waals surface area contributed by atoms with E-state index in [1.165, 1.54) is 0 Å². The maximum absolute atomic E-state index is 12.4. The summed E-state index contributed by atoms with van der Waals surface area (Å²) in [5, 5.41) is 2.98. The monoisotopic (exact) mass is 333 g/mol. The van der Waals surface area contributed by atoms with Gasteiger partial charge in [0.05, 0.1) is 5.75 Å². The highest BCUT2D eigenvalue weighted by Gasteiger charge is 2.46. The third-order valence-corrected chi connectivity index (χ3v) is 5.93. The molecule has 124 valence electrons. The van der Waals surface area contributed by atoms with Gasteiger partial charge in [-0.15, -0.1) is 11.8 Å². The molecule has 2 amide bonds. The number of amides is 2. The molecule has 1 N–H and O–H groups in total. The summed E-state index contributed by atoms with van der Waals surface area (Å²) in [6.45, 7) is 2.91. The molecule has 0 aromatic heterocycles. The van der Waals surface area contributed by atoms with Gasteiger partial charge in [0, 0.05) is 31.1 Å². The average Bonchev–Trinajstić information content (AvgIpc) is 2.59. The highest BCUT2D eigenvalue weighted by Crippen LogP contribution is 2.30. The summed E-state index contributed by atoms with van der Waals surface area (Å²) < 4.78 is 0. The van der Waals surface area contributed by atoms with Gasteiger partial charge in [-0.1, -0.05) is 18.2 Å². The molecule has 1 spiro atoms. The molecule has 3 rings (SSSR count). The first-order chi connectivity index (χ1) is 11.1. The number of piperidine rings is 1. The number of likely N-dealkylation sites (N-methyl/N-ethyl adjacent to an activating group) is 1. The van der Waals surface area contributed by atoms with Gasteiger partial charge < -0.3 is 10.2 Å². The van der Waals surface area contributed by atoms with E-state index < -0.39 is 5.54 Å². The number of thioether (sulfide) groups is 1. The first-order valence-corrected chi connectivity index (χ1v) is 9.05. The molecule has 1 aromatic rings. The van der Waals surface area contributed by atoms with Crippen LogP contribution in [0.1, 0.15) is 12.8 Å². The maximum atomic E-state index is 12.4. The molecule has 2 fully saturated rings. The lowest BCUT2D eigenvalue weighted by atomic mass is 9.83. The summed E-state index contributed by atoms with van der Waals surface area (Å²) in [4.78, 5) is 29.9. The van der Waals surface area contributed by atoms with Crippen molar-refractivity contribution in [3.05, 3.63) is 30.3 Å². The SMILES string of the molecule is CN1CCNC(=O)C12CCN(C(=O)CSc1ccccc1)CC2. The van der Waals surface area contributed by atoms with Crippen LogP contribution in [0.15, 0.2) is 35.2 Å². The molecule has 0 unspecified atom stereocenters. The molecule has 2 aliphatic rings. The smallest absolute Gasteiger partial charge is 0.240 e. The van der Waals surface area contributed by atoms with Gasteiger partial charge in [-0.25, -0.2) is 0 Å². The molecule has 0 aliphatic carbocycles. The first-order valence-electron chi connectivity index (χ1n) is 8.07. The number of piperazine rings is 1. The van der Waals surface area contributed by atoms with Crippen molar-refractivity contribution in [3.63, 3.8) is 0 Å². The zero-order chi connectivity index (χ0) is 16.3. The molecule has 2 aliphatic heterocycles. The van der Waals surface area contributed by atoms with Gasteiger partial charge in [0.1, 0.15) is 5.54 Å². The standard InChI is InChI=1S/C17H23N3O2S/c1-19-12-9-18-16(22)17(19)7-10-20(11-8-17)15(21)13-23-14-5-3-2-4-6-14/h2-6H,7-13H2,1H3,(H,18,22). The number of nitrogens with one attached hydrogen (secondary N) is 1. The Labute approximate surface area is 141 Å². The number of hydrogen-bond donors (Lipinski definition) is 1. The molecular formula is C17H23N3O2S. The topological polar surface area (TPSA) is 52.7 Å². The number of hydrogen-bond acceptors (Lipinski definition) is 4. The van der Waals surface area contributed by atoms with E-state index in [0.29, 0.717) is 25.4 Å². The Morgan fingerprint density at radius 1 is 1.22 bits per heavy atom. The predicted octanol–water partition coefficient (Wildman–Crippen LogP) is 1.20. The largest absolute Gasteiger partial charge is 0.353 e. The predicted molar refractivity (Wildman–Crippen MR) is 91.4 cm³/mol. The zero-order valence-electron chi connectivity index (χ0n) is 13.5. The number of likely N-dealkylation sites (tertiary alicyclic amines) is 1. The van der Waals surface area contributed by atoms with Crippen molar-refractivity contribution in [1.82, 2.24) is 15.1 Å². The van der Waals surface area contributed by atoms with Gasteiger partial charge in [-0.3, -0.25) is 14.5 Å². The number of carbonyl (C=O) groups excluding carboxylic acids is 2. The van der Waals surface area contributed by atoms with Crippen LogP contribution in [-0.2, 0) is 9.59 Å². The van der Waals surface area contributed by atoms with Crippen LogP contribution >= 0.6 is 11.8 Å². The Bertz CT molecular complexity index is 570. The second-order valence-corrected chi connectivity index (χ2v) is 7.24. The van der Waals surface area contributed by atoms with E-state index in [4.69, 9.17) is 0 Å². The maximum Gasteiger partial charge on any atom is 0.240 e. The van der Waals surface area contributed by atoms with Crippen LogP contribution in [0.3, 0.4) is 0 Å². The van der Waals surface area contributed by atoms with Crippen molar-refractivity contribution in [2.75, 3.05) is 39.0 Å². The van der Waals surface area contributed by atoms with Gasteiger partial charge >= 0.3 is 0 Å². The van der Waals surface area contributed by atoms with E-state index in [1.54, 1.807) is 11.8 Å². The van der Waals surface area contributed by atoms with Crippen LogP contribution in [-0.4, -0.2) is 66.1 Å². The molecule has 0 bridgehead atoms. The molecule has 2 heterocycles. The lowest BCUT2D eigenvalue weighted by Gasteiger charge is -2.48. The average molecular weight is 333 g/mol. The van der Waals surface area contributed by atoms with Crippen molar-refractivity contribution < 1.29 is 9.59 Å². The molecule has 0 radical (unpaired) electrons. The zero-order valence-corrected chi connectivity index (χ0v) is 14.3.